The number of rotatable bonds is 6. The first-order valence-electron chi connectivity index (χ1n) is 11.9. The van der Waals surface area contributed by atoms with Crippen molar-refractivity contribution >= 4 is 0 Å². The predicted molar refractivity (Wildman–Crippen MR) is 115 cm³/mol. The quantitative estimate of drug-likeness (QED) is 0.385. The molecule has 2 fully saturated rings. The summed E-state index contributed by atoms with van der Waals surface area (Å²) in [5, 5.41) is 0. The van der Waals surface area contributed by atoms with E-state index in [0.29, 0.717) is 37.2 Å². The van der Waals surface area contributed by atoms with Crippen molar-refractivity contribution in [2.45, 2.75) is 96.1 Å². The zero-order valence-electron chi connectivity index (χ0n) is 18.7. The molecule has 1 aromatic rings. The molecular formula is C26H35F5. The third kappa shape index (κ3) is 6.55. The lowest BCUT2D eigenvalue weighted by Crippen LogP contribution is -2.19. The van der Waals surface area contributed by atoms with Crippen LogP contribution in [0.15, 0.2) is 30.1 Å². The standard InChI is InChI=1S/C26H35F5/c1-3-4-17(2)18-5-7-19(8-6-18)22-13-14-23(24(27)15-22)20-9-11-21(12-10-20)25(28)16-26(29,30)31/h13-21H,3-12H2,1-2H3/b25-16-. The van der Waals surface area contributed by atoms with E-state index in [1.54, 1.807) is 6.07 Å². The fourth-order valence-electron chi connectivity index (χ4n) is 5.80. The summed E-state index contributed by atoms with van der Waals surface area (Å²) >= 11 is 0. The predicted octanol–water partition coefficient (Wildman–Crippen LogP) is 9.23. The molecule has 0 saturated heterocycles. The summed E-state index contributed by atoms with van der Waals surface area (Å²) in [6.45, 7) is 4.58. The molecule has 31 heavy (non-hydrogen) atoms. The molecular weight excluding hydrogens is 407 g/mol. The zero-order valence-corrected chi connectivity index (χ0v) is 18.7. The third-order valence-electron chi connectivity index (χ3n) is 7.68. The number of hydrogen-bond acceptors (Lipinski definition) is 0. The molecule has 1 unspecified atom stereocenters. The molecule has 0 spiro atoms. The van der Waals surface area contributed by atoms with E-state index < -0.39 is 17.9 Å². The third-order valence-corrected chi connectivity index (χ3v) is 7.68. The van der Waals surface area contributed by atoms with E-state index in [9.17, 15) is 22.0 Å². The highest BCUT2D eigenvalue weighted by atomic mass is 19.4. The Morgan fingerprint density at radius 3 is 2.16 bits per heavy atom. The minimum atomic E-state index is -4.63. The molecule has 2 aliphatic rings. The number of alkyl halides is 3. The Morgan fingerprint density at radius 2 is 1.61 bits per heavy atom. The van der Waals surface area contributed by atoms with Gasteiger partial charge in [-0.25, -0.2) is 8.78 Å². The van der Waals surface area contributed by atoms with E-state index in [2.05, 4.69) is 13.8 Å². The van der Waals surface area contributed by atoms with Crippen molar-refractivity contribution in [2.75, 3.05) is 0 Å². The summed E-state index contributed by atoms with van der Waals surface area (Å²) in [5.74, 6) is -0.108. The van der Waals surface area contributed by atoms with Gasteiger partial charge in [-0.05, 0) is 92.2 Å². The van der Waals surface area contributed by atoms with Gasteiger partial charge in [0.25, 0.3) is 0 Å². The Morgan fingerprint density at radius 1 is 1.00 bits per heavy atom. The average Bonchev–Trinajstić information content (AvgIpc) is 2.73. The van der Waals surface area contributed by atoms with Gasteiger partial charge in [0.15, 0.2) is 0 Å². The lowest BCUT2D eigenvalue weighted by Gasteiger charge is -2.33. The van der Waals surface area contributed by atoms with Gasteiger partial charge in [-0.15, -0.1) is 0 Å². The van der Waals surface area contributed by atoms with Crippen LogP contribution in [0.2, 0.25) is 0 Å². The molecule has 1 atom stereocenters. The van der Waals surface area contributed by atoms with Gasteiger partial charge < -0.3 is 0 Å². The van der Waals surface area contributed by atoms with Gasteiger partial charge in [0.05, 0.1) is 6.08 Å². The second kappa shape index (κ2) is 10.5. The molecule has 0 aromatic heterocycles. The Labute approximate surface area is 183 Å². The molecule has 2 saturated carbocycles. The van der Waals surface area contributed by atoms with Crippen molar-refractivity contribution < 1.29 is 22.0 Å². The van der Waals surface area contributed by atoms with Crippen molar-refractivity contribution in [1.29, 1.82) is 0 Å². The van der Waals surface area contributed by atoms with Crippen LogP contribution >= 0.6 is 0 Å². The van der Waals surface area contributed by atoms with Gasteiger partial charge in [-0.3, -0.25) is 0 Å². The fourth-order valence-corrected chi connectivity index (χ4v) is 5.80. The van der Waals surface area contributed by atoms with E-state index >= 15 is 0 Å². The SMILES string of the molecule is CCCC(C)C1CCC(c2ccc(C3CCC(/C(F)=C/C(F)(F)F)CC3)c(F)c2)CC1. The van der Waals surface area contributed by atoms with E-state index in [1.807, 2.05) is 12.1 Å². The minimum Gasteiger partial charge on any atom is -0.212 e. The topological polar surface area (TPSA) is 0 Å². The molecule has 0 N–H and O–H groups in total. The largest absolute Gasteiger partial charge is 0.412 e. The number of halogens is 5. The maximum atomic E-state index is 14.9. The normalized spacial score (nSPS) is 29.1. The number of allylic oxidation sites excluding steroid dienone is 2. The number of hydrogen-bond donors (Lipinski definition) is 0. The van der Waals surface area contributed by atoms with Crippen LogP contribution in [-0.4, -0.2) is 6.18 Å². The average molecular weight is 443 g/mol. The molecule has 3 rings (SSSR count). The lowest BCUT2D eigenvalue weighted by atomic mass is 9.73. The number of benzene rings is 1. The first-order chi connectivity index (χ1) is 14.7. The van der Waals surface area contributed by atoms with Gasteiger partial charge in [0, 0.05) is 5.92 Å². The second-order valence-corrected chi connectivity index (χ2v) is 9.78. The summed E-state index contributed by atoms with van der Waals surface area (Å²) in [4.78, 5) is 0. The Hall–Kier alpha value is -1.39. The molecule has 5 heteroatoms. The monoisotopic (exact) mass is 442 g/mol. The van der Waals surface area contributed by atoms with Crippen LogP contribution in [-0.2, 0) is 0 Å². The van der Waals surface area contributed by atoms with Gasteiger partial charge in [-0.2, -0.15) is 13.2 Å². The summed E-state index contributed by atoms with van der Waals surface area (Å²) in [6.07, 6.45) is 3.93. The summed E-state index contributed by atoms with van der Waals surface area (Å²) in [5.41, 5.74) is 1.70. The van der Waals surface area contributed by atoms with E-state index in [4.69, 9.17) is 0 Å². The van der Waals surface area contributed by atoms with Crippen molar-refractivity contribution in [1.82, 2.24) is 0 Å². The molecule has 0 amide bonds. The molecule has 0 aliphatic heterocycles. The Kier molecular flexibility index (Phi) is 8.20. The van der Waals surface area contributed by atoms with Crippen LogP contribution < -0.4 is 0 Å². The zero-order chi connectivity index (χ0) is 22.6. The van der Waals surface area contributed by atoms with Crippen LogP contribution in [0, 0.1) is 23.6 Å². The maximum absolute atomic E-state index is 14.9. The van der Waals surface area contributed by atoms with Crippen LogP contribution in [0.3, 0.4) is 0 Å². The summed E-state index contributed by atoms with van der Waals surface area (Å²) in [7, 11) is 0. The second-order valence-electron chi connectivity index (χ2n) is 9.78. The van der Waals surface area contributed by atoms with Crippen LogP contribution in [0.5, 0.6) is 0 Å². The van der Waals surface area contributed by atoms with Gasteiger partial charge in [-0.1, -0.05) is 38.8 Å². The van der Waals surface area contributed by atoms with E-state index in [-0.39, 0.29) is 17.8 Å². The van der Waals surface area contributed by atoms with Gasteiger partial charge in [0.1, 0.15) is 11.6 Å². The molecule has 2 aliphatic carbocycles. The van der Waals surface area contributed by atoms with Crippen LogP contribution in [0.1, 0.15) is 101 Å². The smallest absolute Gasteiger partial charge is 0.212 e. The Bertz CT molecular complexity index is 735. The van der Waals surface area contributed by atoms with Gasteiger partial charge in [0.2, 0.25) is 0 Å². The highest BCUT2D eigenvalue weighted by molar-refractivity contribution is 5.30. The van der Waals surface area contributed by atoms with Crippen LogP contribution in [0.4, 0.5) is 22.0 Å². The van der Waals surface area contributed by atoms with Crippen molar-refractivity contribution in [3.8, 4) is 0 Å². The first kappa shape index (κ1) is 24.3. The van der Waals surface area contributed by atoms with Crippen molar-refractivity contribution in [3.63, 3.8) is 0 Å². The highest BCUT2D eigenvalue weighted by Gasteiger charge is 2.32. The van der Waals surface area contributed by atoms with E-state index in [1.165, 1.54) is 25.7 Å². The lowest BCUT2D eigenvalue weighted by molar-refractivity contribution is -0.0820. The molecule has 1 aromatic carbocycles. The molecule has 0 nitrogen and oxygen atoms in total. The van der Waals surface area contributed by atoms with Gasteiger partial charge >= 0.3 is 6.18 Å². The molecule has 0 radical (unpaired) electrons. The minimum absolute atomic E-state index is 0.0467. The molecule has 0 heterocycles. The fraction of sp³-hybridized carbons (Fsp3) is 0.692. The summed E-state index contributed by atoms with van der Waals surface area (Å²) in [6, 6.07) is 5.57. The highest BCUT2D eigenvalue weighted by Crippen LogP contribution is 2.43. The molecule has 0 bridgehead atoms. The van der Waals surface area contributed by atoms with Crippen molar-refractivity contribution in [3.05, 3.63) is 47.0 Å². The maximum Gasteiger partial charge on any atom is 0.412 e. The Balaban J connectivity index is 1.57. The van der Waals surface area contributed by atoms with Crippen molar-refractivity contribution in [2.24, 2.45) is 17.8 Å². The summed E-state index contributed by atoms with van der Waals surface area (Å²) < 4.78 is 65.9. The molecule has 174 valence electrons. The van der Waals surface area contributed by atoms with Crippen LogP contribution in [0.25, 0.3) is 0 Å². The van der Waals surface area contributed by atoms with E-state index in [0.717, 1.165) is 30.2 Å². The first-order valence-corrected chi connectivity index (χ1v) is 11.9.